The average Bonchev–Trinajstić information content (AvgIpc) is 3.46. The van der Waals surface area contributed by atoms with Crippen LogP contribution in [0.5, 0.6) is 11.5 Å². The third-order valence-electron chi connectivity index (χ3n) is 6.05. The third kappa shape index (κ3) is 3.99. The molecule has 0 aromatic heterocycles. The number of likely N-dealkylation sites (N-methyl/N-ethyl adjacent to an activating group) is 1. The highest BCUT2D eigenvalue weighted by atomic mass is 16.7. The number of rotatable bonds is 7. The maximum atomic E-state index is 13.0. The number of fused-ring (bicyclic) bond motifs is 1. The van der Waals surface area contributed by atoms with Crippen molar-refractivity contribution in [3.63, 3.8) is 0 Å². The molecule has 0 spiro atoms. The van der Waals surface area contributed by atoms with Gasteiger partial charge in [0.05, 0.1) is 5.41 Å². The monoisotopic (exact) mass is 409 g/mol. The van der Waals surface area contributed by atoms with Crippen molar-refractivity contribution in [2.24, 2.45) is 0 Å². The number of carbonyl (C=O) groups excluding carboxylic acids is 2. The maximum Gasteiger partial charge on any atom is 0.317 e. The number of hydrogen-bond donors (Lipinski definition) is 0. The molecule has 2 aliphatic rings. The van der Waals surface area contributed by atoms with Crippen molar-refractivity contribution >= 4 is 11.9 Å². The Morgan fingerprint density at radius 2 is 1.77 bits per heavy atom. The van der Waals surface area contributed by atoms with E-state index in [-0.39, 0.29) is 25.3 Å². The fourth-order valence-electron chi connectivity index (χ4n) is 4.34. The second-order valence-electron chi connectivity index (χ2n) is 7.83. The first-order valence-electron chi connectivity index (χ1n) is 10.5. The fraction of sp³-hybridized carbons (Fsp3) is 0.417. The van der Waals surface area contributed by atoms with Crippen molar-refractivity contribution in [2.45, 2.75) is 44.6 Å². The summed E-state index contributed by atoms with van der Waals surface area (Å²) in [6.07, 6.45) is 3.50. The minimum atomic E-state index is -0.629. The van der Waals surface area contributed by atoms with E-state index in [1.54, 1.807) is 4.90 Å². The molecule has 1 heterocycles. The Hall–Kier alpha value is -3.02. The molecule has 0 unspecified atom stereocenters. The Morgan fingerprint density at radius 1 is 1.03 bits per heavy atom. The quantitative estimate of drug-likeness (QED) is 0.651. The van der Waals surface area contributed by atoms with Gasteiger partial charge in [0.1, 0.15) is 0 Å². The predicted octanol–water partition coefficient (Wildman–Crippen LogP) is 3.82. The first-order valence-corrected chi connectivity index (χ1v) is 10.5. The van der Waals surface area contributed by atoms with Crippen molar-refractivity contribution in [3.05, 3.63) is 59.7 Å². The largest absolute Gasteiger partial charge is 0.455 e. The lowest BCUT2D eigenvalue weighted by molar-refractivity contribution is -0.157. The van der Waals surface area contributed by atoms with Crippen LogP contribution in [-0.4, -0.2) is 36.7 Å². The number of hydrogen-bond acceptors (Lipinski definition) is 5. The van der Waals surface area contributed by atoms with Gasteiger partial charge >= 0.3 is 5.97 Å². The Bertz CT molecular complexity index is 905. The van der Waals surface area contributed by atoms with Gasteiger partial charge in [-0.1, -0.05) is 49.2 Å². The number of benzene rings is 2. The van der Waals surface area contributed by atoms with Crippen molar-refractivity contribution in [3.8, 4) is 11.5 Å². The van der Waals surface area contributed by atoms with Gasteiger partial charge in [-0.2, -0.15) is 0 Å². The zero-order valence-electron chi connectivity index (χ0n) is 17.3. The van der Waals surface area contributed by atoms with E-state index < -0.39 is 5.41 Å². The van der Waals surface area contributed by atoms with Gasteiger partial charge in [0.25, 0.3) is 5.91 Å². The van der Waals surface area contributed by atoms with E-state index >= 15 is 0 Å². The lowest BCUT2D eigenvalue weighted by Gasteiger charge is -2.28. The summed E-state index contributed by atoms with van der Waals surface area (Å²) in [5.74, 6) is 0.904. The van der Waals surface area contributed by atoms with E-state index in [0.717, 1.165) is 36.8 Å². The van der Waals surface area contributed by atoms with Gasteiger partial charge in [-0.15, -0.1) is 0 Å². The highest BCUT2D eigenvalue weighted by molar-refractivity contribution is 5.86. The Balaban J connectivity index is 1.39. The second-order valence-corrected chi connectivity index (χ2v) is 7.83. The molecule has 0 radical (unpaired) electrons. The lowest BCUT2D eigenvalue weighted by Crippen LogP contribution is -2.39. The second kappa shape index (κ2) is 8.78. The average molecular weight is 409 g/mol. The number of amides is 1. The van der Waals surface area contributed by atoms with Crippen LogP contribution in [0.1, 0.15) is 43.7 Å². The molecule has 30 heavy (non-hydrogen) atoms. The van der Waals surface area contributed by atoms with Crippen molar-refractivity contribution in [1.82, 2.24) is 4.90 Å². The van der Waals surface area contributed by atoms with Crippen molar-refractivity contribution < 1.29 is 23.8 Å². The molecule has 6 nitrogen and oxygen atoms in total. The van der Waals surface area contributed by atoms with E-state index in [1.165, 1.54) is 0 Å². The fourth-order valence-corrected chi connectivity index (χ4v) is 4.34. The highest BCUT2D eigenvalue weighted by Gasteiger charge is 2.44. The minimum Gasteiger partial charge on any atom is -0.455 e. The number of esters is 1. The van der Waals surface area contributed by atoms with Crippen LogP contribution < -0.4 is 9.47 Å². The summed E-state index contributed by atoms with van der Waals surface area (Å²) in [5.41, 5.74) is 1.29. The van der Waals surface area contributed by atoms with Gasteiger partial charge in [-0.05, 0) is 43.0 Å². The van der Waals surface area contributed by atoms with Gasteiger partial charge in [0.2, 0.25) is 6.79 Å². The van der Waals surface area contributed by atoms with Gasteiger partial charge in [0, 0.05) is 13.1 Å². The van der Waals surface area contributed by atoms with Crippen molar-refractivity contribution in [2.75, 3.05) is 19.9 Å². The van der Waals surface area contributed by atoms with Gasteiger partial charge < -0.3 is 19.1 Å². The molecular weight excluding hydrogens is 382 g/mol. The highest BCUT2D eigenvalue weighted by Crippen LogP contribution is 2.42. The van der Waals surface area contributed by atoms with E-state index in [0.29, 0.717) is 24.6 Å². The molecule has 6 heteroatoms. The molecule has 2 aromatic rings. The van der Waals surface area contributed by atoms with E-state index in [9.17, 15) is 9.59 Å². The predicted molar refractivity (Wildman–Crippen MR) is 111 cm³/mol. The zero-order valence-corrected chi connectivity index (χ0v) is 17.3. The zero-order chi connectivity index (χ0) is 21.0. The number of carbonyl (C=O) groups is 2. The molecule has 1 aliphatic heterocycles. The summed E-state index contributed by atoms with van der Waals surface area (Å²) in [4.78, 5) is 27.5. The van der Waals surface area contributed by atoms with Crippen LogP contribution >= 0.6 is 0 Å². The Kier molecular flexibility index (Phi) is 5.93. The smallest absolute Gasteiger partial charge is 0.317 e. The van der Waals surface area contributed by atoms with E-state index in [2.05, 4.69) is 0 Å². The molecule has 1 amide bonds. The number of nitrogens with zero attached hydrogens (tertiary/aromatic N) is 1. The standard InChI is InChI=1S/C24H27NO5/c1-2-25(15-18-10-11-20-21(14-18)30-17-29-20)22(26)16-28-23(27)24(12-6-7-13-24)19-8-4-3-5-9-19/h3-5,8-11,14H,2,6-7,12-13,15-17H2,1H3. The molecule has 2 aromatic carbocycles. The molecule has 0 atom stereocenters. The Morgan fingerprint density at radius 3 is 2.50 bits per heavy atom. The molecule has 1 aliphatic carbocycles. The van der Waals surface area contributed by atoms with Gasteiger partial charge in [0.15, 0.2) is 18.1 Å². The first kappa shape index (κ1) is 20.3. The maximum absolute atomic E-state index is 13.0. The van der Waals surface area contributed by atoms with Crippen molar-refractivity contribution in [1.29, 1.82) is 0 Å². The van der Waals surface area contributed by atoms with Gasteiger partial charge in [-0.25, -0.2) is 0 Å². The van der Waals surface area contributed by atoms with E-state index in [4.69, 9.17) is 14.2 Å². The molecule has 1 fully saturated rings. The molecule has 1 saturated carbocycles. The number of ether oxygens (including phenoxy) is 3. The SMILES string of the molecule is CCN(Cc1ccc2c(c1)OCO2)C(=O)COC(=O)C1(c2ccccc2)CCCC1. The van der Waals surface area contributed by atoms with Crippen LogP contribution in [0.25, 0.3) is 0 Å². The summed E-state index contributed by atoms with van der Waals surface area (Å²) in [7, 11) is 0. The molecule has 0 bridgehead atoms. The normalized spacial score (nSPS) is 16.3. The van der Waals surface area contributed by atoms with Crippen LogP contribution in [-0.2, 0) is 26.3 Å². The third-order valence-corrected chi connectivity index (χ3v) is 6.05. The van der Waals surface area contributed by atoms with Crippen LogP contribution in [0, 0.1) is 0 Å². The summed E-state index contributed by atoms with van der Waals surface area (Å²) >= 11 is 0. The molecule has 4 rings (SSSR count). The molecule has 158 valence electrons. The molecule has 0 saturated heterocycles. The molecular formula is C24H27NO5. The first-order chi connectivity index (χ1) is 14.6. The lowest BCUT2D eigenvalue weighted by atomic mass is 9.79. The summed E-state index contributed by atoms with van der Waals surface area (Å²) < 4.78 is 16.3. The Labute approximate surface area is 176 Å². The van der Waals surface area contributed by atoms with Crippen LogP contribution in [0.4, 0.5) is 0 Å². The summed E-state index contributed by atoms with van der Waals surface area (Å²) in [6, 6.07) is 15.4. The summed E-state index contributed by atoms with van der Waals surface area (Å²) in [6.45, 7) is 2.83. The minimum absolute atomic E-state index is 0.204. The van der Waals surface area contributed by atoms with Crippen LogP contribution in [0.15, 0.2) is 48.5 Å². The topological polar surface area (TPSA) is 65.1 Å². The molecule has 0 N–H and O–H groups in total. The van der Waals surface area contributed by atoms with E-state index in [1.807, 2.05) is 55.5 Å². The van der Waals surface area contributed by atoms with Crippen LogP contribution in [0.3, 0.4) is 0 Å². The summed E-state index contributed by atoms with van der Waals surface area (Å²) in [5, 5.41) is 0. The van der Waals surface area contributed by atoms with Crippen LogP contribution in [0.2, 0.25) is 0 Å². The van der Waals surface area contributed by atoms with Gasteiger partial charge in [-0.3, -0.25) is 9.59 Å².